The molecule has 1 aromatic rings. The molecule has 2 atom stereocenters. The van der Waals surface area contributed by atoms with Gasteiger partial charge in [0.2, 0.25) is 0 Å². The van der Waals surface area contributed by atoms with Crippen LogP contribution in [-0.2, 0) is 0 Å². The van der Waals surface area contributed by atoms with Gasteiger partial charge in [0.1, 0.15) is 11.6 Å². The van der Waals surface area contributed by atoms with Crippen molar-refractivity contribution in [2.45, 2.75) is 26.2 Å². The number of anilines is 1. The number of hydrogen-bond donors (Lipinski definition) is 2. The monoisotopic (exact) mass is 251 g/mol. The number of nitrogens with two attached hydrogens (primary N) is 1. The molecule has 0 spiro atoms. The van der Waals surface area contributed by atoms with E-state index in [9.17, 15) is 9.18 Å². The molecule has 1 aliphatic rings. The smallest absolute Gasteiger partial charge is 0.255 e. The first kappa shape index (κ1) is 12.8. The number of pyridine rings is 1. The van der Waals surface area contributed by atoms with E-state index in [2.05, 4.69) is 17.2 Å². The Morgan fingerprint density at radius 1 is 1.61 bits per heavy atom. The number of nitrogen functional groups attached to an aromatic ring is 1. The summed E-state index contributed by atoms with van der Waals surface area (Å²) in [6.07, 6.45) is 4.49. The molecule has 0 bridgehead atoms. The van der Waals surface area contributed by atoms with Crippen LogP contribution in [0.15, 0.2) is 12.3 Å². The van der Waals surface area contributed by atoms with Crippen molar-refractivity contribution in [1.29, 1.82) is 0 Å². The zero-order chi connectivity index (χ0) is 13.1. The summed E-state index contributed by atoms with van der Waals surface area (Å²) in [4.78, 5) is 15.5. The molecule has 3 N–H and O–H groups in total. The Balaban J connectivity index is 1.93. The van der Waals surface area contributed by atoms with Gasteiger partial charge >= 0.3 is 0 Å². The van der Waals surface area contributed by atoms with Gasteiger partial charge in [-0.05, 0) is 30.7 Å². The number of halogens is 1. The van der Waals surface area contributed by atoms with Crippen molar-refractivity contribution in [2.24, 2.45) is 11.8 Å². The molecule has 0 aliphatic heterocycles. The number of carbonyl (C=O) groups is 1. The van der Waals surface area contributed by atoms with E-state index in [1.54, 1.807) is 0 Å². The molecule has 1 saturated carbocycles. The van der Waals surface area contributed by atoms with Crippen LogP contribution in [0.25, 0.3) is 0 Å². The maximum absolute atomic E-state index is 13.0. The van der Waals surface area contributed by atoms with Crippen molar-refractivity contribution in [3.63, 3.8) is 0 Å². The zero-order valence-electron chi connectivity index (χ0n) is 10.4. The maximum Gasteiger partial charge on any atom is 0.255 e. The summed E-state index contributed by atoms with van der Waals surface area (Å²) in [6, 6.07) is 1.12. The number of carbonyl (C=O) groups excluding carboxylic acids is 1. The van der Waals surface area contributed by atoms with Crippen molar-refractivity contribution in [1.82, 2.24) is 10.3 Å². The molecule has 0 saturated heterocycles. The summed E-state index contributed by atoms with van der Waals surface area (Å²) in [7, 11) is 0. The quantitative estimate of drug-likeness (QED) is 0.863. The SMILES string of the molecule is CC1CCC(CNC(=O)c2cc(F)cnc2N)C1. The van der Waals surface area contributed by atoms with Gasteiger partial charge in [0.25, 0.3) is 5.91 Å². The lowest BCUT2D eigenvalue weighted by atomic mass is 10.1. The third-order valence-corrected chi connectivity index (χ3v) is 3.48. The molecule has 1 fully saturated rings. The second-order valence-corrected chi connectivity index (χ2v) is 5.08. The van der Waals surface area contributed by atoms with Gasteiger partial charge in [0.15, 0.2) is 0 Å². The summed E-state index contributed by atoms with van der Waals surface area (Å²) in [5, 5.41) is 2.80. The van der Waals surface area contributed by atoms with Crippen LogP contribution in [0.2, 0.25) is 0 Å². The van der Waals surface area contributed by atoms with E-state index in [4.69, 9.17) is 5.73 Å². The number of nitrogens with one attached hydrogen (secondary N) is 1. The molecule has 1 aliphatic carbocycles. The standard InChI is InChI=1S/C13H18FN3O/c1-8-2-3-9(4-8)6-17-13(18)11-5-10(14)7-16-12(11)15/h5,7-9H,2-4,6H2,1H3,(H2,15,16)(H,17,18). The van der Waals surface area contributed by atoms with E-state index >= 15 is 0 Å². The second kappa shape index (κ2) is 5.33. The molecule has 18 heavy (non-hydrogen) atoms. The molecule has 1 heterocycles. The van der Waals surface area contributed by atoms with Crippen LogP contribution in [-0.4, -0.2) is 17.4 Å². The average molecular weight is 251 g/mol. The third-order valence-electron chi connectivity index (χ3n) is 3.48. The van der Waals surface area contributed by atoms with Crippen LogP contribution < -0.4 is 11.1 Å². The topological polar surface area (TPSA) is 68.0 Å². The van der Waals surface area contributed by atoms with Gasteiger partial charge in [-0.25, -0.2) is 9.37 Å². The summed E-state index contributed by atoms with van der Waals surface area (Å²) >= 11 is 0. The molecule has 4 nitrogen and oxygen atoms in total. The highest BCUT2D eigenvalue weighted by molar-refractivity contribution is 5.98. The Morgan fingerprint density at radius 3 is 3.06 bits per heavy atom. The van der Waals surface area contributed by atoms with Crippen LogP contribution in [0, 0.1) is 17.7 Å². The van der Waals surface area contributed by atoms with E-state index in [0.29, 0.717) is 12.5 Å². The van der Waals surface area contributed by atoms with E-state index in [0.717, 1.165) is 31.0 Å². The van der Waals surface area contributed by atoms with Crippen LogP contribution >= 0.6 is 0 Å². The third kappa shape index (κ3) is 2.97. The Kier molecular flexibility index (Phi) is 3.79. The highest BCUT2D eigenvalue weighted by Crippen LogP contribution is 2.29. The van der Waals surface area contributed by atoms with Crippen molar-refractivity contribution in [3.8, 4) is 0 Å². The minimum Gasteiger partial charge on any atom is -0.383 e. The molecule has 2 rings (SSSR count). The summed E-state index contributed by atoms with van der Waals surface area (Å²) in [5.41, 5.74) is 5.67. The minimum absolute atomic E-state index is 0.0636. The van der Waals surface area contributed by atoms with Crippen molar-refractivity contribution in [3.05, 3.63) is 23.6 Å². The fraction of sp³-hybridized carbons (Fsp3) is 0.538. The van der Waals surface area contributed by atoms with Crippen LogP contribution in [0.3, 0.4) is 0 Å². The molecule has 1 aromatic heterocycles. The zero-order valence-corrected chi connectivity index (χ0v) is 10.4. The van der Waals surface area contributed by atoms with E-state index < -0.39 is 5.82 Å². The highest BCUT2D eigenvalue weighted by Gasteiger charge is 2.22. The molecule has 2 unspecified atom stereocenters. The number of nitrogens with zero attached hydrogens (tertiary/aromatic N) is 1. The van der Waals surface area contributed by atoms with Gasteiger partial charge in [0.05, 0.1) is 11.8 Å². The number of rotatable bonds is 3. The number of hydrogen-bond acceptors (Lipinski definition) is 3. The first-order chi connectivity index (χ1) is 8.56. The molecule has 0 aromatic carbocycles. The summed E-state index contributed by atoms with van der Waals surface area (Å²) in [6.45, 7) is 2.84. The fourth-order valence-electron chi connectivity index (χ4n) is 2.47. The van der Waals surface area contributed by atoms with Gasteiger partial charge in [-0.3, -0.25) is 4.79 Å². The predicted octanol–water partition coefficient (Wildman–Crippen LogP) is 1.97. The van der Waals surface area contributed by atoms with Gasteiger partial charge in [-0.1, -0.05) is 13.3 Å². The van der Waals surface area contributed by atoms with E-state index in [-0.39, 0.29) is 17.3 Å². The molecule has 1 amide bonds. The minimum atomic E-state index is -0.552. The number of amides is 1. The highest BCUT2D eigenvalue weighted by atomic mass is 19.1. The van der Waals surface area contributed by atoms with E-state index in [1.807, 2.05) is 0 Å². The lowest BCUT2D eigenvalue weighted by Crippen LogP contribution is -2.29. The van der Waals surface area contributed by atoms with Crippen molar-refractivity contribution in [2.75, 3.05) is 12.3 Å². The first-order valence-corrected chi connectivity index (χ1v) is 6.25. The molecular formula is C13H18FN3O. The Bertz CT molecular complexity index is 450. The fourth-order valence-corrected chi connectivity index (χ4v) is 2.47. The van der Waals surface area contributed by atoms with E-state index in [1.165, 1.54) is 6.42 Å². The summed E-state index contributed by atoms with van der Waals surface area (Å²) < 4.78 is 13.0. The first-order valence-electron chi connectivity index (χ1n) is 6.25. The van der Waals surface area contributed by atoms with Gasteiger partial charge in [0, 0.05) is 6.54 Å². The normalized spacial score (nSPS) is 23.0. The van der Waals surface area contributed by atoms with Gasteiger partial charge < -0.3 is 11.1 Å². The Labute approximate surface area is 106 Å². The maximum atomic E-state index is 13.0. The predicted molar refractivity (Wildman–Crippen MR) is 67.4 cm³/mol. The Morgan fingerprint density at radius 2 is 2.39 bits per heavy atom. The number of aromatic nitrogens is 1. The largest absolute Gasteiger partial charge is 0.383 e. The molecule has 5 heteroatoms. The Hall–Kier alpha value is -1.65. The molecule has 0 radical (unpaired) electrons. The lowest BCUT2D eigenvalue weighted by Gasteiger charge is -2.11. The summed E-state index contributed by atoms with van der Waals surface area (Å²) in [5.74, 6) is 0.413. The van der Waals surface area contributed by atoms with Crippen LogP contribution in [0.1, 0.15) is 36.5 Å². The second-order valence-electron chi connectivity index (χ2n) is 5.08. The van der Waals surface area contributed by atoms with Crippen molar-refractivity contribution >= 4 is 11.7 Å². The van der Waals surface area contributed by atoms with Crippen LogP contribution in [0.4, 0.5) is 10.2 Å². The molecular weight excluding hydrogens is 233 g/mol. The van der Waals surface area contributed by atoms with Gasteiger partial charge in [-0.2, -0.15) is 0 Å². The van der Waals surface area contributed by atoms with Crippen molar-refractivity contribution < 1.29 is 9.18 Å². The lowest BCUT2D eigenvalue weighted by molar-refractivity contribution is 0.0947. The molecule has 98 valence electrons. The average Bonchev–Trinajstić information content (AvgIpc) is 2.75. The van der Waals surface area contributed by atoms with Crippen LogP contribution in [0.5, 0.6) is 0 Å². The van der Waals surface area contributed by atoms with Gasteiger partial charge in [-0.15, -0.1) is 0 Å².